The Balaban J connectivity index is 1.55. The Hall–Kier alpha value is -3.02. The van der Waals surface area contributed by atoms with Gasteiger partial charge in [0.25, 0.3) is 0 Å². The van der Waals surface area contributed by atoms with E-state index < -0.39 is 12.7 Å². The van der Waals surface area contributed by atoms with Crippen molar-refractivity contribution in [3.05, 3.63) is 30.7 Å². The molecule has 0 unspecified atom stereocenters. The lowest BCUT2D eigenvalue weighted by molar-refractivity contribution is -0.142. The van der Waals surface area contributed by atoms with E-state index in [9.17, 15) is 18.0 Å². The minimum Gasteiger partial charge on any atom is -0.364 e. The summed E-state index contributed by atoms with van der Waals surface area (Å²) in [5.74, 6) is 0.598. The molecule has 0 aliphatic carbocycles. The van der Waals surface area contributed by atoms with Crippen LogP contribution in [0.3, 0.4) is 0 Å². The molecular formula is C20H24ClF3N8O. The number of fused-ring (bicyclic) bond motifs is 1. The van der Waals surface area contributed by atoms with Gasteiger partial charge in [-0.2, -0.15) is 23.3 Å². The first-order valence-electron chi connectivity index (χ1n) is 10.5. The molecule has 2 aliphatic rings. The first-order valence-corrected chi connectivity index (χ1v) is 10.9. The molecule has 1 amide bonds. The van der Waals surface area contributed by atoms with Crippen LogP contribution in [0.1, 0.15) is 25.5 Å². The van der Waals surface area contributed by atoms with Crippen LogP contribution in [-0.2, 0) is 17.8 Å². The number of nitrogens with zero attached hydrogens (tertiary/aromatic N) is 6. The molecule has 2 N–H and O–H groups in total. The molecule has 2 aromatic heterocycles. The highest BCUT2D eigenvalue weighted by Gasteiger charge is 2.31. The summed E-state index contributed by atoms with van der Waals surface area (Å²) in [6.07, 6.45) is 1.71. The van der Waals surface area contributed by atoms with Crippen LogP contribution in [0.15, 0.2) is 25.0 Å². The maximum Gasteiger partial charge on any atom is 0.408 e. The molecule has 0 radical (unpaired) electrons. The SMILES string of the molecule is C=CC(=O)N1C[C@H](Nc2nc(Nc3cnn(CC(F)(F)F)c3)nc3c2N(Cl)CC3)CC[C@@H]1C. The molecule has 0 bridgehead atoms. The van der Waals surface area contributed by atoms with E-state index in [-0.39, 0.29) is 23.9 Å². The third-order valence-corrected chi connectivity index (χ3v) is 5.99. The molecule has 13 heteroatoms. The lowest BCUT2D eigenvalue weighted by Gasteiger charge is -2.38. The van der Waals surface area contributed by atoms with E-state index in [0.717, 1.165) is 23.2 Å². The van der Waals surface area contributed by atoms with Gasteiger partial charge in [-0.15, -0.1) is 0 Å². The Morgan fingerprint density at radius 2 is 2.15 bits per heavy atom. The first kappa shape index (κ1) is 23.1. The zero-order valence-electron chi connectivity index (χ0n) is 17.9. The average molecular weight is 485 g/mol. The number of carbonyl (C=O) groups excluding carboxylic acids is 1. The molecule has 2 atom stereocenters. The number of halogens is 4. The van der Waals surface area contributed by atoms with Gasteiger partial charge in [0, 0.05) is 49.6 Å². The summed E-state index contributed by atoms with van der Waals surface area (Å²) in [4.78, 5) is 23.0. The molecule has 0 spiro atoms. The van der Waals surface area contributed by atoms with Gasteiger partial charge in [0.05, 0.1) is 17.6 Å². The number of hydrogen-bond donors (Lipinski definition) is 2. The number of hydrogen-bond acceptors (Lipinski definition) is 7. The second kappa shape index (κ2) is 9.08. The number of anilines is 4. The molecule has 0 aromatic carbocycles. The number of carbonyl (C=O) groups is 1. The maximum atomic E-state index is 12.6. The first-order chi connectivity index (χ1) is 15.6. The van der Waals surface area contributed by atoms with Gasteiger partial charge >= 0.3 is 6.18 Å². The van der Waals surface area contributed by atoms with Gasteiger partial charge in [0.15, 0.2) is 5.82 Å². The predicted molar refractivity (Wildman–Crippen MR) is 119 cm³/mol. The summed E-state index contributed by atoms with van der Waals surface area (Å²) in [5, 5.41) is 10.0. The zero-order chi connectivity index (χ0) is 23.8. The number of nitrogens with one attached hydrogen (secondary N) is 2. The van der Waals surface area contributed by atoms with Crippen molar-refractivity contribution in [2.75, 3.05) is 28.1 Å². The Bertz CT molecular complexity index is 1040. The topological polar surface area (TPSA) is 91.2 Å². The fourth-order valence-corrected chi connectivity index (χ4v) is 4.33. The highest BCUT2D eigenvalue weighted by Crippen LogP contribution is 2.37. The monoisotopic (exact) mass is 484 g/mol. The highest BCUT2D eigenvalue weighted by atomic mass is 35.5. The van der Waals surface area contributed by atoms with Crippen LogP contribution in [-0.4, -0.2) is 61.9 Å². The van der Waals surface area contributed by atoms with E-state index in [0.29, 0.717) is 36.7 Å². The molecule has 2 aliphatic heterocycles. The molecule has 1 saturated heterocycles. The van der Waals surface area contributed by atoms with Crippen molar-refractivity contribution in [3.8, 4) is 0 Å². The molecule has 4 rings (SSSR count). The highest BCUT2D eigenvalue weighted by molar-refractivity contribution is 6.27. The molecule has 9 nitrogen and oxygen atoms in total. The van der Waals surface area contributed by atoms with E-state index in [4.69, 9.17) is 11.8 Å². The van der Waals surface area contributed by atoms with Crippen LogP contribution in [0.2, 0.25) is 0 Å². The zero-order valence-corrected chi connectivity index (χ0v) is 18.7. The summed E-state index contributed by atoms with van der Waals surface area (Å²) in [5.41, 5.74) is 1.71. The van der Waals surface area contributed by atoms with Crippen LogP contribution in [0.25, 0.3) is 0 Å². The predicted octanol–water partition coefficient (Wildman–Crippen LogP) is 3.47. The lowest BCUT2D eigenvalue weighted by Crippen LogP contribution is -2.49. The molecule has 2 aromatic rings. The summed E-state index contributed by atoms with van der Waals surface area (Å²) >= 11 is 6.36. The smallest absolute Gasteiger partial charge is 0.364 e. The number of piperidine rings is 1. The number of likely N-dealkylation sites (tertiary alicyclic amines) is 1. The second-order valence-electron chi connectivity index (χ2n) is 8.16. The lowest BCUT2D eigenvalue weighted by atomic mass is 9.99. The summed E-state index contributed by atoms with van der Waals surface area (Å²) in [6, 6.07) is 0.0526. The van der Waals surface area contributed by atoms with E-state index in [1.807, 2.05) is 6.92 Å². The largest absolute Gasteiger partial charge is 0.408 e. The van der Waals surface area contributed by atoms with Crippen LogP contribution in [0.4, 0.5) is 36.3 Å². The standard InChI is InChI=1S/C20H24ClF3N8O/c1-3-16(33)31-10-13(5-4-12(31)2)26-18-17-15(6-7-32(17)21)28-19(29-18)27-14-8-25-30(9-14)11-20(22,23)24/h3,8-9,12-13H,1,4-7,10-11H2,2H3,(H2,26,27,28,29)/t12-,13+/m0/s1. The number of amides is 1. The second-order valence-corrected chi connectivity index (χ2v) is 8.56. The third-order valence-electron chi connectivity index (χ3n) is 5.66. The van der Waals surface area contributed by atoms with Crippen molar-refractivity contribution in [1.82, 2.24) is 24.6 Å². The number of alkyl halides is 3. The van der Waals surface area contributed by atoms with Gasteiger partial charge in [-0.25, -0.2) is 4.98 Å². The van der Waals surface area contributed by atoms with E-state index >= 15 is 0 Å². The molecular weight excluding hydrogens is 461 g/mol. The van der Waals surface area contributed by atoms with Crippen molar-refractivity contribution < 1.29 is 18.0 Å². The molecule has 1 fully saturated rings. The molecule has 33 heavy (non-hydrogen) atoms. The quantitative estimate of drug-likeness (QED) is 0.479. The van der Waals surface area contributed by atoms with Gasteiger partial charge in [-0.05, 0) is 25.8 Å². The van der Waals surface area contributed by atoms with Crippen LogP contribution >= 0.6 is 11.8 Å². The maximum absolute atomic E-state index is 12.6. The van der Waals surface area contributed by atoms with Crippen molar-refractivity contribution in [1.29, 1.82) is 0 Å². The van der Waals surface area contributed by atoms with Gasteiger partial charge in [-0.3, -0.25) is 13.9 Å². The Kier molecular flexibility index (Phi) is 6.37. The van der Waals surface area contributed by atoms with Gasteiger partial charge in [0.1, 0.15) is 12.2 Å². The Morgan fingerprint density at radius 1 is 1.36 bits per heavy atom. The van der Waals surface area contributed by atoms with E-state index in [2.05, 4.69) is 32.3 Å². The van der Waals surface area contributed by atoms with Crippen LogP contribution < -0.4 is 15.1 Å². The minimum atomic E-state index is -4.37. The van der Waals surface area contributed by atoms with Crippen molar-refractivity contribution in [3.63, 3.8) is 0 Å². The van der Waals surface area contributed by atoms with Gasteiger partial charge in [0.2, 0.25) is 11.9 Å². The van der Waals surface area contributed by atoms with Crippen LogP contribution in [0.5, 0.6) is 0 Å². The minimum absolute atomic E-state index is 0.0582. The normalized spacial score (nSPS) is 20.5. The van der Waals surface area contributed by atoms with Crippen molar-refractivity contribution in [2.24, 2.45) is 0 Å². The third kappa shape index (κ3) is 5.32. The average Bonchev–Trinajstić information content (AvgIpc) is 3.33. The fraction of sp³-hybridized carbons (Fsp3) is 0.500. The summed E-state index contributed by atoms with van der Waals surface area (Å²) in [6.45, 7) is 5.43. The summed E-state index contributed by atoms with van der Waals surface area (Å²) in [7, 11) is 0. The van der Waals surface area contributed by atoms with Gasteiger partial charge < -0.3 is 15.5 Å². The molecule has 178 valence electrons. The van der Waals surface area contributed by atoms with Crippen molar-refractivity contribution >= 4 is 40.8 Å². The number of rotatable bonds is 6. The molecule has 4 heterocycles. The summed E-state index contributed by atoms with van der Waals surface area (Å²) < 4.78 is 40.1. The molecule has 0 saturated carbocycles. The van der Waals surface area contributed by atoms with Crippen molar-refractivity contribution in [2.45, 2.75) is 51.0 Å². The van der Waals surface area contributed by atoms with E-state index in [1.165, 1.54) is 18.5 Å². The Labute approximate surface area is 193 Å². The number of aromatic nitrogens is 4. The van der Waals surface area contributed by atoms with Crippen LogP contribution in [0, 0.1) is 0 Å². The fourth-order valence-electron chi connectivity index (χ4n) is 4.07. The van der Waals surface area contributed by atoms with Gasteiger partial charge in [-0.1, -0.05) is 6.58 Å². The Morgan fingerprint density at radius 3 is 2.88 bits per heavy atom. The van der Waals surface area contributed by atoms with E-state index in [1.54, 1.807) is 9.32 Å².